The van der Waals surface area contributed by atoms with E-state index in [1.807, 2.05) is 6.07 Å². The van der Waals surface area contributed by atoms with Gasteiger partial charge < -0.3 is 9.73 Å². The number of nitrogens with one attached hydrogen (secondary N) is 1. The van der Waals surface area contributed by atoms with Crippen molar-refractivity contribution in [3.8, 4) is 0 Å². The molecule has 1 amide bonds. The summed E-state index contributed by atoms with van der Waals surface area (Å²) >= 11 is 0. The van der Waals surface area contributed by atoms with Crippen LogP contribution in [0.5, 0.6) is 0 Å². The third-order valence-electron chi connectivity index (χ3n) is 2.79. The second kappa shape index (κ2) is 4.89. The summed E-state index contributed by atoms with van der Waals surface area (Å²) in [5.74, 6) is -0.137. The summed E-state index contributed by atoms with van der Waals surface area (Å²) in [4.78, 5) is 19.9. The molecule has 0 fully saturated rings. The molecule has 1 N–H and O–H groups in total. The summed E-state index contributed by atoms with van der Waals surface area (Å²) < 4.78 is 5.23. The van der Waals surface area contributed by atoms with Gasteiger partial charge in [-0.05, 0) is 30.3 Å². The van der Waals surface area contributed by atoms with E-state index in [1.165, 1.54) is 6.33 Å². The fraction of sp³-hybridized carbons (Fsp3) is 0.0714. The summed E-state index contributed by atoms with van der Waals surface area (Å²) in [7, 11) is 0. The first kappa shape index (κ1) is 11.4. The number of benzene rings is 1. The van der Waals surface area contributed by atoms with Crippen molar-refractivity contribution in [3.05, 3.63) is 60.4 Å². The minimum absolute atomic E-state index is 0.137. The molecule has 0 unspecified atom stereocenters. The monoisotopic (exact) mass is 253 g/mol. The maximum atomic E-state index is 12.0. The molecule has 3 aromatic rings. The summed E-state index contributed by atoms with van der Waals surface area (Å²) in [6.45, 7) is 0.380. The zero-order valence-corrected chi connectivity index (χ0v) is 10.0. The number of furan rings is 1. The Morgan fingerprint density at radius 1 is 1.26 bits per heavy atom. The Kier molecular flexibility index (Phi) is 2.94. The molecule has 5 heteroatoms. The Morgan fingerprint density at radius 3 is 3.05 bits per heavy atom. The SMILES string of the molecule is O=C(NCc1ccncn1)c1ccc2occc2c1. The molecule has 94 valence electrons. The Hall–Kier alpha value is -2.69. The number of hydrogen-bond acceptors (Lipinski definition) is 4. The molecule has 0 radical (unpaired) electrons. The topological polar surface area (TPSA) is 68.0 Å². The quantitative estimate of drug-likeness (QED) is 0.776. The third kappa shape index (κ3) is 2.44. The van der Waals surface area contributed by atoms with Crippen LogP contribution >= 0.6 is 0 Å². The molecule has 5 nitrogen and oxygen atoms in total. The fourth-order valence-electron chi connectivity index (χ4n) is 1.80. The van der Waals surface area contributed by atoms with Gasteiger partial charge in [-0.2, -0.15) is 0 Å². The van der Waals surface area contributed by atoms with Gasteiger partial charge in [0.05, 0.1) is 18.5 Å². The van der Waals surface area contributed by atoms with Crippen LogP contribution in [0.3, 0.4) is 0 Å². The third-order valence-corrected chi connectivity index (χ3v) is 2.79. The summed E-state index contributed by atoms with van der Waals surface area (Å²) in [5.41, 5.74) is 2.14. The molecular weight excluding hydrogens is 242 g/mol. The van der Waals surface area contributed by atoms with Gasteiger partial charge in [-0.15, -0.1) is 0 Å². The molecule has 0 aliphatic carbocycles. The molecule has 1 aromatic carbocycles. The van der Waals surface area contributed by atoms with Crippen molar-refractivity contribution in [1.82, 2.24) is 15.3 Å². The van der Waals surface area contributed by atoms with E-state index in [9.17, 15) is 4.79 Å². The largest absolute Gasteiger partial charge is 0.464 e. The van der Waals surface area contributed by atoms with Crippen molar-refractivity contribution in [2.75, 3.05) is 0 Å². The van der Waals surface area contributed by atoms with Gasteiger partial charge in [-0.1, -0.05) is 0 Å². The van der Waals surface area contributed by atoms with E-state index in [2.05, 4.69) is 15.3 Å². The predicted molar refractivity (Wildman–Crippen MR) is 69.4 cm³/mol. The van der Waals surface area contributed by atoms with Crippen LogP contribution in [0.1, 0.15) is 16.1 Å². The predicted octanol–water partition coefficient (Wildman–Crippen LogP) is 2.15. The van der Waals surface area contributed by atoms with Crippen LogP contribution in [0.2, 0.25) is 0 Å². The van der Waals surface area contributed by atoms with Gasteiger partial charge in [-0.3, -0.25) is 4.79 Å². The van der Waals surface area contributed by atoms with Gasteiger partial charge in [0.1, 0.15) is 11.9 Å². The normalized spacial score (nSPS) is 10.5. The van der Waals surface area contributed by atoms with Crippen LogP contribution in [-0.4, -0.2) is 15.9 Å². The minimum Gasteiger partial charge on any atom is -0.464 e. The molecule has 0 bridgehead atoms. The molecule has 19 heavy (non-hydrogen) atoms. The van der Waals surface area contributed by atoms with Gasteiger partial charge in [0.2, 0.25) is 0 Å². The number of aromatic nitrogens is 2. The summed E-state index contributed by atoms with van der Waals surface area (Å²) in [6.07, 6.45) is 4.71. The highest BCUT2D eigenvalue weighted by Gasteiger charge is 2.07. The Morgan fingerprint density at radius 2 is 2.21 bits per heavy atom. The number of hydrogen-bond donors (Lipinski definition) is 1. The Balaban J connectivity index is 1.73. The summed E-state index contributed by atoms with van der Waals surface area (Å²) in [6, 6.07) is 8.92. The van der Waals surface area contributed by atoms with E-state index in [4.69, 9.17) is 4.42 Å². The molecule has 2 heterocycles. The number of nitrogens with zero attached hydrogens (tertiary/aromatic N) is 2. The maximum Gasteiger partial charge on any atom is 0.251 e. The van der Waals surface area contributed by atoms with Crippen LogP contribution in [0.25, 0.3) is 11.0 Å². The number of fused-ring (bicyclic) bond motifs is 1. The second-order valence-corrected chi connectivity index (χ2v) is 4.06. The zero-order chi connectivity index (χ0) is 13.1. The number of carbonyl (C=O) groups is 1. The standard InChI is InChI=1S/C14H11N3O2/c18-14(16-8-12-3-5-15-9-17-12)11-1-2-13-10(7-11)4-6-19-13/h1-7,9H,8H2,(H,16,18). The molecule has 0 aliphatic heterocycles. The summed E-state index contributed by atoms with van der Waals surface area (Å²) in [5, 5.41) is 3.72. The van der Waals surface area contributed by atoms with E-state index < -0.39 is 0 Å². The van der Waals surface area contributed by atoms with Gasteiger partial charge in [0, 0.05) is 17.1 Å². The number of amides is 1. The first-order valence-electron chi connectivity index (χ1n) is 5.83. The molecule has 0 saturated heterocycles. The molecule has 0 atom stereocenters. The average molecular weight is 253 g/mol. The van der Waals surface area contributed by atoms with Crippen LogP contribution in [0, 0.1) is 0 Å². The van der Waals surface area contributed by atoms with Crippen molar-refractivity contribution in [1.29, 1.82) is 0 Å². The zero-order valence-electron chi connectivity index (χ0n) is 10.0. The van der Waals surface area contributed by atoms with Crippen LogP contribution in [-0.2, 0) is 6.54 Å². The van der Waals surface area contributed by atoms with E-state index >= 15 is 0 Å². The molecule has 0 saturated carbocycles. The lowest BCUT2D eigenvalue weighted by Gasteiger charge is -2.04. The van der Waals surface area contributed by atoms with Crippen LogP contribution < -0.4 is 5.32 Å². The van der Waals surface area contributed by atoms with Gasteiger partial charge >= 0.3 is 0 Å². The maximum absolute atomic E-state index is 12.0. The smallest absolute Gasteiger partial charge is 0.251 e. The molecule has 2 aromatic heterocycles. The van der Waals surface area contributed by atoms with Crippen molar-refractivity contribution < 1.29 is 9.21 Å². The average Bonchev–Trinajstić information content (AvgIpc) is 2.93. The van der Waals surface area contributed by atoms with E-state index in [-0.39, 0.29) is 5.91 Å². The highest BCUT2D eigenvalue weighted by Crippen LogP contribution is 2.16. The van der Waals surface area contributed by atoms with Gasteiger partial charge in [0.15, 0.2) is 0 Å². The molecule has 0 aliphatic rings. The van der Waals surface area contributed by atoms with Gasteiger partial charge in [0.25, 0.3) is 5.91 Å². The fourth-order valence-corrected chi connectivity index (χ4v) is 1.80. The first-order valence-corrected chi connectivity index (χ1v) is 5.83. The van der Waals surface area contributed by atoms with Crippen LogP contribution in [0.15, 0.2) is 53.5 Å². The van der Waals surface area contributed by atoms with Crippen LogP contribution in [0.4, 0.5) is 0 Å². The van der Waals surface area contributed by atoms with Crippen molar-refractivity contribution in [2.45, 2.75) is 6.54 Å². The molecule has 3 rings (SSSR count). The highest BCUT2D eigenvalue weighted by molar-refractivity contribution is 5.97. The van der Waals surface area contributed by atoms with Crippen molar-refractivity contribution in [3.63, 3.8) is 0 Å². The first-order chi connectivity index (χ1) is 9.33. The Bertz CT molecular complexity index is 707. The lowest BCUT2D eigenvalue weighted by Crippen LogP contribution is -2.23. The van der Waals surface area contributed by atoms with Crippen molar-refractivity contribution in [2.24, 2.45) is 0 Å². The lowest BCUT2D eigenvalue weighted by atomic mass is 10.1. The highest BCUT2D eigenvalue weighted by atomic mass is 16.3. The lowest BCUT2D eigenvalue weighted by molar-refractivity contribution is 0.0950. The van der Waals surface area contributed by atoms with E-state index in [0.717, 1.165) is 16.7 Å². The van der Waals surface area contributed by atoms with E-state index in [0.29, 0.717) is 12.1 Å². The van der Waals surface area contributed by atoms with Crippen molar-refractivity contribution >= 4 is 16.9 Å². The minimum atomic E-state index is -0.137. The molecular formula is C14H11N3O2. The van der Waals surface area contributed by atoms with Gasteiger partial charge in [-0.25, -0.2) is 9.97 Å². The number of rotatable bonds is 3. The van der Waals surface area contributed by atoms with E-state index in [1.54, 1.807) is 36.7 Å². The number of carbonyl (C=O) groups excluding carboxylic acids is 1. The second-order valence-electron chi connectivity index (χ2n) is 4.06. The Labute approximate surface area is 109 Å². The molecule has 0 spiro atoms.